The molecule has 0 saturated carbocycles. The van der Waals surface area contributed by atoms with E-state index in [0.29, 0.717) is 11.5 Å². The van der Waals surface area contributed by atoms with Crippen molar-refractivity contribution < 1.29 is 0 Å². The van der Waals surface area contributed by atoms with E-state index in [1.807, 2.05) is 0 Å². The second-order valence-electron chi connectivity index (χ2n) is 7.80. The lowest BCUT2D eigenvalue weighted by atomic mass is 9.70. The number of fused-ring (bicyclic) bond motifs is 1. The third-order valence-electron chi connectivity index (χ3n) is 5.52. The number of aryl methyl sites for hydroxylation is 1. The molecular formula is C19H30N2. The van der Waals surface area contributed by atoms with Crippen molar-refractivity contribution in [3.05, 3.63) is 35.4 Å². The zero-order valence-corrected chi connectivity index (χ0v) is 13.9. The predicted molar refractivity (Wildman–Crippen MR) is 89.5 cm³/mol. The first-order valence-electron chi connectivity index (χ1n) is 8.56. The minimum atomic E-state index is 0.356. The summed E-state index contributed by atoms with van der Waals surface area (Å²) in [5, 5.41) is 3.93. The van der Waals surface area contributed by atoms with Crippen molar-refractivity contribution in [3.63, 3.8) is 0 Å². The third-order valence-corrected chi connectivity index (χ3v) is 5.52. The molecule has 1 fully saturated rings. The molecule has 1 aromatic carbocycles. The Labute approximate surface area is 129 Å². The van der Waals surface area contributed by atoms with Crippen LogP contribution in [0, 0.1) is 11.3 Å². The van der Waals surface area contributed by atoms with E-state index in [1.165, 1.54) is 44.3 Å². The van der Waals surface area contributed by atoms with Gasteiger partial charge in [-0.2, -0.15) is 0 Å². The normalized spacial score (nSPS) is 29.1. The Bertz CT molecular complexity index is 480. The van der Waals surface area contributed by atoms with E-state index in [0.717, 1.165) is 12.5 Å². The maximum atomic E-state index is 3.93. The molecule has 1 saturated heterocycles. The van der Waals surface area contributed by atoms with Crippen molar-refractivity contribution in [2.24, 2.45) is 11.3 Å². The number of hydrogen-bond acceptors (Lipinski definition) is 2. The molecule has 1 aromatic rings. The van der Waals surface area contributed by atoms with Gasteiger partial charge in [-0.1, -0.05) is 38.1 Å². The number of likely N-dealkylation sites (tertiary alicyclic amines) is 1. The lowest BCUT2D eigenvalue weighted by molar-refractivity contribution is 0.169. The molecule has 2 aliphatic rings. The highest BCUT2D eigenvalue weighted by molar-refractivity contribution is 5.34. The number of piperidine rings is 1. The highest BCUT2D eigenvalue weighted by atomic mass is 15.1. The molecule has 1 aliphatic heterocycles. The third kappa shape index (κ3) is 3.32. The molecule has 2 atom stereocenters. The summed E-state index contributed by atoms with van der Waals surface area (Å²) >= 11 is 0. The Hall–Kier alpha value is -0.860. The second-order valence-corrected chi connectivity index (χ2v) is 7.80. The monoisotopic (exact) mass is 286 g/mol. The zero-order valence-electron chi connectivity index (χ0n) is 13.9. The van der Waals surface area contributed by atoms with Gasteiger partial charge < -0.3 is 10.2 Å². The number of nitrogens with zero attached hydrogens (tertiary/aromatic N) is 1. The van der Waals surface area contributed by atoms with Gasteiger partial charge in [0, 0.05) is 12.6 Å². The Morgan fingerprint density at radius 2 is 2.10 bits per heavy atom. The van der Waals surface area contributed by atoms with Crippen molar-refractivity contribution >= 4 is 0 Å². The van der Waals surface area contributed by atoms with Crippen LogP contribution in [0.5, 0.6) is 0 Å². The minimum absolute atomic E-state index is 0.356. The molecule has 2 nitrogen and oxygen atoms in total. The van der Waals surface area contributed by atoms with Crippen molar-refractivity contribution in [2.45, 2.75) is 45.6 Å². The quantitative estimate of drug-likeness (QED) is 0.913. The summed E-state index contributed by atoms with van der Waals surface area (Å²) in [4.78, 5) is 2.48. The van der Waals surface area contributed by atoms with Crippen LogP contribution in [0.3, 0.4) is 0 Å². The largest absolute Gasteiger partial charge is 0.309 e. The van der Waals surface area contributed by atoms with Gasteiger partial charge in [-0.25, -0.2) is 0 Å². The van der Waals surface area contributed by atoms with Gasteiger partial charge in [0.15, 0.2) is 0 Å². The summed E-state index contributed by atoms with van der Waals surface area (Å²) in [5.41, 5.74) is 3.45. The summed E-state index contributed by atoms with van der Waals surface area (Å²) in [7, 11) is 2.26. The molecule has 1 heterocycles. The van der Waals surface area contributed by atoms with Crippen LogP contribution in [0.25, 0.3) is 0 Å². The van der Waals surface area contributed by atoms with Crippen LogP contribution in [-0.2, 0) is 6.42 Å². The van der Waals surface area contributed by atoms with Crippen LogP contribution in [0.4, 0.5) is 0 Å². The maximum absolute atomic E-state index is 3.93. The van der Waals surface area contributed by atoms with Crippen molar-refractivity contribution in [1.82, 2.24) is 10.2 Å². The summed E-state index contributed by atoms with van der Waals surface area (Å²) in [6, 6.07) is 9.54. The lowest BCUT2D eigenvalue weighted by Gasteiger charge is -2.42. The molecule has 116 valence electrons. The number of benzene rings is 1. The fourth-order valence-corrected chi connectivity index (χ4v) is 4.18. The van der Waals surface area contributed by atoms with Crippen LogP contribution in [0.15, 0.2) is 24.3 Å². The number of rotatable bonds is 3. The maximum Gasteiger partial charge on any atom is 0.0374 e. The minimum Gasteiger partial charge on any atom is -0.309 e. The molecule has 21 heavy (non-hydrogen) atoms. The van der Waals surface area contributed by atoms with E-state index in [9.17, 15) is 0 Å². The number of hydrogen-bond donors (Lipinski definition) is 1. The molecule has 0 amide bonds. The zero-order chi connectivity index (χ0) is 14.9. The molecule has 0 spiro atoms. The highest BCUT2D eigenvalue weighted by Gasteiger charge is 2.35. The summed E-state index contributed by atoms with van der Waals surface area (Å²) < 4.78 is 0. The van der Waals surface area contributed by atoms with E-state index in [-0.39, 0.29) is 0 Å². The van der Waals surface area contributed by atoms with E-state index >= 15 is 0 Å². The summed E-state index contributed by atoms with van der Waals surface area (Å²) in [6.07, 6.45) is 5.25. The lowest BCUT2D eigenvalue weighted by Crippen LogP contribution is -2.43. The van der Waals surface area contributed by atoms with Crippen molar-refractivity contribution in [2.75, 3.05) is 26.7 Å². The van der Waals surface area contributed by atoms with Gasteiger partial charge in [-0.3, -0.25) is 0 Å². The van der Waals surface area contributed by atoms with Gasteiger partial charge in [0.25, 0.3) is 0 Å². The molecule has 0 bridgehead atoms. The van der Waals surface area contributed by atoms with E-state index in [4.69, 9.17) is 0 Å². The van der Waals surface area contributed by atoms with Crippen molar-refractivity contribution in [1.29, 1.82) is 0 Å². The average molecular weight is 286 g/mol. The Morgan fingerprint density at radius 3 is 2.90 bits per heavy atom. The fourth-order valence-electron chi connectivity index (χ4n) is 4.18. The standard InChI is InChI=1S/C19H30N2/c1-19(2)11-10-16-8-4-5-9-17(16)18(19)20-13-15-7-6-12-21(3)14-15/h4-5,8-9,15,18,20H,6-7,10-14H2,1-3H3. The van der Waals surface area contributed by atoms with Gasteiger partial charge in [-0.15, -0.1) is 0 Å². The summed E-state index contributed by atoms with van der Waals surface area (Å²) in [5.74, 6) is 0.814. The molecule has 2 unspecified atom stereocenters. The molecule has 0 aromatic heterocycles. The van der Waals surface area contributed by atoms with E-state index < -0.39 is 0 Å². The molecule has 0 radical (unpaired) electrons. The van der Waals surface area contributed by atoms with Crippen LogP contribution < -0.4 is 5.32 Å². The Balaban J connectivity index is 1.70. The van der Waals surface area contributed by atoms with Crippen LogP contribution in [0.1, 0.15) is 50.3 Å². The smallest absolute Gasteiger partial charge is 0.0374 e. The van der Waals surface area contributed by atoms with Gasteiger partial charge in [0.2, 0.25) is 0 Å². The molecule has 1 N–H and O–H groups in total. The second kappa shape index (κ2) is 6.10. The van der Waals surface area contributed by atoms with Gasteiger partial charge in [-0.05, 0) is 68.3 Å². The molecule has 1 aliphatic carbocycles. The highest BCUT2D eigenvalue weighted by Crippen LogP contribution is 2.43. The summed E-state index contributed by atoms with van der Waals surface area (Å²) in [6.45, 7) is 8.53. The van der Waals surface area contributed by atoms with Crippen LogP contribution in [-0.4, -0.2) is 31.6 Å². The molecule has 3 rings (SSSR count). The van der Waals surface area contributed by atoms with Gasteiger partial charge in [0.1, 0.15) is 0 Å². The first kappa shape index (κ1) is 15.1. The van der Waals surface area contributed by atoms with Gasteiger partial charge in [0.05, 0.1) is 0 Å². The Kier molecular flexibility index (Phi) is 4.37. The predicted octanol–water partition coefficient (Wildman–Crippen LogP) is 3.63. The van der Waals surface area contributed by atoms with Crippen LogP contribution >= 0.6 is 0 Å². The Morgan fingerprint density at radius 1 is 1.29 bits per heavy atom. The average Bonchev–Trinajstić information content (AvgIpc) is 2.46. The van der Waals surface area contributed by atoms with Crippen molar-refractivity contribution in [3.8, 4) is 0 Å². The van der Waals surface area contributed by atoms with Gasteiger partial charge >= 0.3 is 0 Å². The topological polar surface area (TPSA) is 15.3 Å². The molecular weight excluding hydrogens is 256 g/mol. The van der Waals surface area contributed by atoms with E-state index in [1.54, 1.807) is 5.56 Å². The SMILES string of the molecule is CN1CCCC(CNC2c3ccccc3CCC2(C)C)C1. The first-order valence-corrected chi connectivity index (χ1v) is 8.56. The number of nitrogens with one attached hydrogen (secondary N) is 1. The fraction of sp³-hybridized carbons (Fsp3) is 0.684. The van der Waals surface area contributed by atoms with E-state index in [2.05, 4.69) is 55.4 Å². The van der Waals surface area contributed by atoms with Crippen LogP contribution in [0.2, 0.25) is 0 Å². The first-order chi connectivity index (χ1) is 10.1. The molecule has 2 heteroatoms.